The number of aromatic amines is 1. The quantitative estimate of drug-likeness (QED) is 0.667. The topological polar surface area (TPSA) is 48.1 Å². The molecular weight excluding hydrogens is 190 g/mol. The molecule has 1 aromatic heterocycles. The smallest absolute Gasteiger partial charge is 0.186 e. The van der Waals surface area contributed by atoms with E-state index in [1.165, 1.54) is 0 Å². The van der Waals surface area contributed by atoms with E-state index >= 15 is 0 Å². The first-order chi connectivity index (χ1) is 7.24. The van der Waals surface area contributed by atoms with E-state index in [0.29, 0.717) is 6.54 Å². The van der Waals surface area contributed by atoms with Crippen LogP contribution in [0, 0.1) is 0 Å². The van der Waals surface area contributed by atoms with Gasteiger partial charge in [0, 0.05) is 43.7 Å². The van der Waals surface area contributed by atoms with Crippen molar-refractivity contribution >= 4 is 0 Å². The van der Waals surface area contributed by atoms with E-state index in [9.17, 15) is 4.79 Å². The average molecular weight is 209 g/mol. The number of hydrogen-bond donors (Lipinski definition) is 2. The van der Waals surface area contributed by atoms with Gasteiger partial charge in [-0.1, -0.05) is 6.92 Å². The predicted octanol–water partition coefficient (Wildman–Crippen LogP) is 0.416. The lowest BCUT2D eigenvalue weighted by atomic mass is 10.3. The Morgan fingerprint density at radius 2 is 2.33 bits per heavy atom. The predicted molar refractivity (Wildman–Crippen MR) is 61.9 cm³/mol. The summed E-state index contributed by atoms with van der Waals surface area (Å²) in [5.41, 5.74) is 0.877. The van der Waals surface area contributed by atoms with Gasteiger partial charge in [-0.05, 0) is 13.6 Å². The van der Waals surface area contributed by atoms with Crippen molar-refractivity contribution in [2.45, 2.75) is 13.5 Å². The molecule has 0 saturated carbocycles. The van der Waals surface area contributed by atoms with Crippen LogP contribution in [0.2, 0.25) is 0 Å². The summed E-state index contributed by atoms with van der Waals surface area (Å²) in [5.74, 6) is 0. The molecule has 0 aliphatic heterocycles. The van der Waals surface area contributed by atoms with Crippen LogP contribution >= 0.6 is 0 Å². The number of hydrogen-bond acceptors (Lipinski definition) is 3. The summed E-state index contributed by atoms with van der Waals surface area (Å²) in [4.78, 5) is 16.5. The Morgan fingerprint density at radius 3 is 3.00 bits per heavy atom. The van der Waals surface area contributed by atoms with Crippen LogP contribution in [0.4, 0.5) is 0 Å². The Hall–Kier alpha value is -1.13. The van der Waals surface area contributed by atoms with Gasteiger partial charge in [0.1, 0.15) is 0 Å². The highest BCUT2D eigenvalue weighted by Gasteiger charge is 1.97. The third-order valence-electron chi connectivity index (χ3n) is 2.43. The zero-order valence-electron chi connectivity index (χ0n) is 9.42. The standard InChI is InChI=1S/C11H19N3O/c1-3-14(2)7-6-13-9-10-8-12-5-4-11(10)15/h4-5,8,13H,3,6-7,9H2,1-2H3,(H,12,15). The van der Waals surface area contributed by atoms with Crippen LogP contribution in [0.3, 0.4) is 0 Å². The summed E-state index contributed by atoms with van der Waals surface area (Å²) in [6.07, 6.45) is 3.40. The van der Waals surface area contributed by atoms with Crippen LogP contribution in [0.1, 0.15) is 12.5 Å². The second kappa shape index (κ2) is 6.37. The minimum Gasteiger partial charge on any atom is -0.367 e. The van der Waals surface area contributed by atoms with E-state index < -0.39 is 0 Å². The molecule has 15 heavy (non-hydrogen) atoms. The molecule has 4 heteroatoms. The highest BCUT2D eigenvalue weighted by atomic mass is 16.1. The first kappa shape index (κ1) is 11.9. The molecule has 0 aromatic carbocycles. The maximum absolute atomic E-state index is 11.3. The largest absolute Gasteiger partial charge is 0.367 e. The summed E-state index contributed by atoms with van der Waals surface area (Å²) in [6, 6.07) is 1.55. The summed E-state index contributed by atoms with van der Waals surface area (Å²) < 4.78 is 0. The van der Waals surface area contributed by atoms with Gasteiger partial charge in [0.25, 0.3) is 0 Å². The Morgan fingerprint density at radius 1 is 1.53 bits per heavy atom. The van der Waals surface area contributed by atoms with Gasteiger partial charge in [0.15, 0.2) is 5.43 Å². The van der Waals surface area contributed by atoms with Gasteiger partial charge in [-0.3, -0.25) is 4.79 Å². The van der Waals surface area contributed by atoms with Crippen molar-refractivity contribution < 1.29 is 0 Å². The van der Waals surface area contributed by atoms with E-state index in [4.69, 9.17) is 0 Å². The van der Waals surface area contributed by atoms with Crippen molar-refractivity contribution in [3.63, 3.8) is 0 Å². The maximum atomic E-state index is 11.3. The van der Waals surface area contributed by atoms with Crippen LogP contribution in [-0.2, 0) is 6.54 Å². The first-order valence-corrected chi connectivity index (χ1v) is 5.29. The number of likely N-dealkylation sites (N-methyl/N-ethyl adjacent to an activating group) is 1. The van der Waals surface area contributed by atoms with Gasteiger partial charge in [0.2, 0.25) is 0 Å². The van der Waals surface area contributed by atoms with Crippen molar-refractivity contribution in [3.05, 3.63) is 34.2 Å². The lowest BCUT2D eigenvalue weighted by Gasteiger charge is -2.13. The van der Waals surface area contributed by atoms with E-state index in [0.717, 1.165) is 25.2 Å². The Balaban J connectivity index is 2.26. The lowest BCUT2D eigenvalue weighted by molar-refractivity contribution is 0.349. The SMILES string of the molecule is CCN(C)CCNCc1c[nH]ccc1=O. The number of nitrogens with one attached hydrogen (secondary N) is 2. The molecule has 0 fully saturated rings. The monoisotopic (exact) mass is 209 g/mol. The fraction of sp³-hybridized carbons (Fsp3) is 0.545. The van der Waals surface area contributed by atoms with Crippen molar-refractivity contribution in [2.75, 3.05) is 26.7 Å². The summed E-state index contributed by atoms with van der Waals surface area (Å²) in [6.45, 7) is 5.71. The molecule has 0 aliphatic rings. The third kappa shape index (κ3) is 4.27. The van der Waals surface area contributed by atoms with Gasteiger partial charge in [-0.25, -0.2) is 0 Å². The molecule has 1 rings (SSSR count). The van der Waals surface area contributed by atoms with Crippen molar-refractivity contribution in [3.8, 4) is 0 Å². The number of nitrogens with zero attached hydrogens (tertiary/aromatic N) is 1. The van der Waals surface area contributed by atoms with E-state index in [-0.39, 0.29) is 5.43 Å². The van der Waals surface area contributed by atoms with Gasteiger partial charge in [-0.2, -0.15) is 0 Å². The van der Waals surface area contributed by atoms with Crippen LogP contribution in [0.15, 0.2) is 23.3 Å². The van der Waals surface area contributed by atoms with Crippen LogP contribution in [0.5, 0.6) is 0 Å². The molecule has 0 atom stereocenters. The molecule has 0 unspecified atom stereocenters. The molecule has 2 N–H and O–H groups in total. The minimum absolute atomic E-state index is 0.0881. The Kier molecular flexibility index (Phi) is 5.07. The van der Waals surface area contributed by atoms with Crippen LogP contribution in [0.25, 0.3) is 0 Å². The van der Waals surface area contributed by atoms with E-state index in [2.05, 4.69) is 29.2 Å². The van der Waals surface area contributed by atoms with Gasteiger partial charge in [-0.15, -0.1) is 0 Å². The maximum Gasteiger partial charge on any atom is 0.186 e. The fourth-order valence-corrected chi connectivity index (χ4v) is 1.24. The highest BCUT2D eigenvalue weighted by molar-refractivity contribution is 5.08. The Bertz CT molecular complexity index is 335. The molecule has 0 radical (unpaired) electrons. The minimum atomic E-state index is 0.0881. The molecule has 1 heterocycles. The molecular formula is C11H19N3O. The summed E-state index contributed by atoms with van der Waals surface area (Å²) in [7, 11) is 2.08. The van der Waals surface area contributed by atoms with Gasteiger partial charge < -0.3 is 15.2 Å². The summed E-state index contributed by atoms with van der Waals surface area (Å²) in [5, 5.41) is 3.25. The zero-order valence-corrected chi connectivity index (χ0v) is 9.42. The van der Waals surface area contributed by atoms with Gasteiger partial charge in [0.05, 0.1) is 0 Å². The summed E-state index contributed by atoms with van der Waals surface area (Å²) >= 11 is 0. The van der Waals surface area contributed by atoms with Crippen LogP contribution in [-0.4, -0.2) is 36.6 Å². The lowest BCUT2D eigenvalue weighted by Crippen LogP contribution is -2.29. The second-order valence-corrected chi connectivity index (χ2v) is 3.61. The molecule has 0 spiro atoms. The average Bonchev–Trinajstić information content (AvgIpc) is 2.26. The molecule has 0 saturated heterocycles. The number of H-pyrrole nitrogens is 1. The Labute approximate surface area is 90.3 Å². The molecule has 84 valence electrons. The second-order valence-electron chi connectivity index (χ2n) is 3.61. The van der Waals surface area contributed by atoms with Gasteiger partial charge >= 0.3 is 0 Å². The highest BCUT2D eigenvalue weighted by Crippen LogP contribution is 1.86. The molecule has 0 aliphatic carbocycles. The van der Waals surface area contributed by atoms with Crippen molar-refractivity contribution in [2.24, 2.45) is 0 Å². The number of rotatable bonds is 6. The molecule has 1 aromatic rings. The van der Waals surface area contributed by atoms with Crippen molar-refractivity contribution in [1.29, 1.82) is 0 Å². The van der Waals surface area contributed by atoms with Crippen LogP contribution < -0.4 is 10.7 Å². The fourth-order valence-electron chi connectivity index (χ4n) is 1.24. The zero-order chi connectivity index (χ0) is 11.1. The molecule has 4 nitrogen and oxygen atoms in total. The normalized spacial score (nSPS) is 10.9. The van der Waals surface area contributed by atoms with E-state index in [1.54, 1.807) is 18.5 Å². The number of aromatic nitrogens is 1. The molecule has 0 bridgehead atoms. The van der Waals surface area contributed by atoms with Crippen molar-refractivity contribution in [1.82, 2.24) is 15.2 Å². The number of pyridine rings is 1. The molecule has 0 amide bonds. The van der Waals surface area contributed by atoms with E-state index in [1.807, 2.05) is 0 Å². The first-order valence-electron chi connectivity index (χ1n) is 5.29. The third-order valence-corrected chi connectivity index (χ3v) is 2.43.